The molecule has 1 atom stereocenters. The van der Waals surface area contributed by atoms with Crippen LogP contribution in [0.5, 0.6) is 0 Å². The highest BCUT2D eigenvalue weighted by molar-refractivity contribution is 5.86. The van der Waals surface area contributed by atoms with Crippen molar-refractivity contribution in [3.8, 4) is 0 Å². The number of nitrogens with zero attached hydrogens (tertiary/aromatic N) is 2. The summed E-state index contributed by atoms with van der Waals surface area (Å²) in [6.45, 7) is 5.04. The van der Waals surface area contributed by atoms with Crippen molar-refractivity contribution in [2.75, 3.05) is 26.7 Å². The van der Waals surface area contributed by atoms with Gasteiger partial charge in [-0.05, 0) is 29.9 Å². The van der Waals surface area contributed by atoms with E-state index in [9.17, 15) is 14.4 Å². The quantitative estimate of drug-likeness (QED) is 0.781. The van der Waals surface area contributed by atoms with Gasteiger partial charge in [0.1, 0.15) is 0 Å². The first-order valence-corrected chi connectivity index (χ1v) is 9.79. The van der Waals surface area contributed by atoms with Crippen LogP contribution in [0.4, 0.5) is 0 Å². The van der Waals surface area contributed by atoms with E-state index in [4.69, 9.17) is 5.11 Å². The van der Waals surface area contributed by atoms with E-state index >= 15 is 0 Å². The number of likely N-dealkylation sites (tertiary alicyclic amines) is 1. The molecule has 0 spiro atoms. The first-order chi connectivity index (χ1) is 13.3. The third-order valence-electron chi connectivity index (χ3n) is 5.13. The summed E-state index contributed by atoms with van der Waals surface area (Å²) in [4.78, 5) is 38.7. The number of carboxylic acids is 1. The van der Waals surface area contributed by atoms with E-state index in [0.717, 1.165) is 5.56 Å². The summed E-state index contributed by atoms with van der Waals surface area (Å²) in [5, 5.41) is 9.13. The number of aliphatic carboxylic acids is 1. The predicted octanol–water partition coefficient (Wildman–Crippen LogP) is 2.99. The summed E-state index contributed by atoms with van der Waals surface area (Å²) in [7, 11) is 1.60. The molecule has 1 unspecified atom stereocenters. The molecular formula is C22H30N2O4. The van der Waals surface area contributed by atoms with Crippen molar-refractivity contribution >= 4 is 23.9 Å². The molecule has 0 aliphatic carbocycles. The van der Waals surface area contributed by atoms with Gasteiger partial charge in [0.25, 0.3) is 0 Å². The monoisotopic (exact) mass is 386 g/mol. The number of hydrogen-bond donors (Lipinski definition) is 1. The Bertz CT molecular complexity index is 725. The highest BCUT2D eigenvalue weighted by Gasteiger charge is 2.28. The maximum Gasteiger partial charge on any atom is 0.308 e. The van der Waals surface area contributed by atoms with Gasteiger partial charge in [0.15, 0.2) is 0 Å². The molecule has 1 saturated heterocycles. The van der Waals surface area contributed by atoms with E-state index in [2.05, 4.69) is 26.0 Å². The number of rotatable bonds is 7. The lowest BCUT2D eigenvalue weighted by Gasteiger charge is -2.32. The van der Waals surface area contributed by atoms with Crippen molar-refractivity contribution in [2.45, 2.75) is 39.0 Å². The third-order valence-corrected chi connectivity index (χ3v) is 5.13. The smallest absolute Gasteiger partial charge is 0.308 e. The lowest BCUT2D eigenvalue weighted by Crippen LogP contribution is -2.46. The number of carbonyl (C=O) groups excluding carboxylic acids is 2. The van der Waals surface area contributed by atoms with Gasteiger partial charge in [0, 0.05) is 26.6 Å². The van der Waals surface area contributed by atoms with Crippen LogP contribution in [-0.4, -0.2) is 59.4 Å². The second-order valence-corrected chi connectivity index (χ2v) is 7.69. The average Bonchev–Trinajstić information content (AvgIpc) is 2.68. The largest absolute Gasteiger partial charge is 0.481 e. The van der Waals surface area contributed by atoms with E-state index in [1.165, 1.54) is 10.5 Å². The Kier molecular flexibility index (Phi) is 7.79. The molecule has 1 N–H and O–H groups in total. The molecule has 2 amide bonds. The van der Waals surface area contributed by atoms with Gasteiger partial charge in [-0.25, -0.2) is 0 Å². The van der Waals surface area contributed by atoms with Crippen molar-refractivity contribution in [3.63, 3.8) is 0 Å². The zero-order valence-corrected chi connectivity index (χ0v) is 16.9. The van der Waals surface area contributed by atoms with Crippen LogP contribution in [0.25, 0.3) is 6.08 Å². The summed E-state index contributed by atoms with van der Waals surface area (Å²) in [6, 6.07) is 8.22. The number of likely N-dealkylation sites (N-methyl/N-ethyl adjacent to an activating group) is 1. The Morgan fingerprint density at radius 1 is 1.25 bits per heavy atom. The van der Waals surface area contributed by atoms with Crippen molar-refractivity contribution in [2.24, 2.45) is 5.92 Å². The van der Waals surface area contributed by atoms with Crippen LogP contribution in [-0.2, 0) is 14.4 Å². The molecule has 28 heavy (non-hydrogen) atoms. The van der Waals surface area contributed by atoms with E-state index in [1.807, 2.05) is 18.2 Å². The number of benzene rings is 1. The molecule has 152 valence electrons. The number of amides is 2. The lowest BCUT2D eigenvalue weighted by atomic mass is 9.98. The van der Waals surface area contributed by atoms with E-state index < -0.39 is 11.9 Å². The normalized spacial score (nSPS) is 17.1. The second kappa shape index (κ2) is 10.1. The minimum absolute atomic E-state index is 0.0257. The molecule has 0 aromatic heterocycles. The Balaban J connectivity index is 1.81. The topological polar surface area (TPSA) is 77.9 Å². The van der Waals surface area contributed by atoms with E-state index in [1.54, 1.807) is 18.0 Å². The van der Waals surface area contributed by atoms with E-state index in [0.29, 0.717) is 25.3 Å². The van der Waals surface area contributed by atoms with Gasteiger partial charge < -0.3 is 14.9 Å². The van der Waals surface area contributed by atoms with Gasteiger partial charge in [-0.1, -0.05) is 50.3 Å². The minimum atomic E-state index is -0.867. The number of piperidine rings is 1. The Labute approximate surface area is 166 Å². The van der Waals surface area contributed by atoms with Crippen molar-refractivity contribution < 1.29 is 19.5 Å². The minimum Gasteiger partial charge on any atom is -0.481 e. The highest BCUT2D eigenvalue weighted by Crippen LogP contribution is 2.17. The summed E-state index contributed by atoms with van der Waals surface area (Å²) in [5.41, 5.74) is 2.30. The molecule has 1 heterocycles. The molecule has 6 nitrogen and oxygen atoms in total. The number of carboxylic acid groups (broad SMARTS) is 1. The molecule has 1 aliphatic heterocycles. The number of carbonyl (C=O) groups is 3. The maximum atomic E-state index is 12.4. The average molecular weight is 386 g/mol. The Hall–Kier alpha value is -2.63. The standard InChI is InChI=1S/C22H30N2O4/c1-16(2)18-11-9-17(10-12-18)6-4-8-20(25)23(3)15-21(26)24-13-5-7-19(14-24)22(27)28/h4,6,9-12,16,19H,5,7-8,13-15H2,1-3H3,(H,27,28)/b6-4+. The maximum absolute atomic E-state index is 12.4. The van der Waals surface area contributed by atoms with Gasteiger partial charge in [-0.3, -0.25) is 14.4 Å². The fourth-order valence-electron chi connectivity index (χ4n) is 3.24. The van der Waals surface area contributed by atoms with Crippen LogP contribution < -0.4 is 0 Å². The summed E-state index contributed by atoms with van der Waals surface area (Å²) >= 11 is 0. The van der Waals surface area contributed by atoms with Gasteiger partial charge >= 0.3 is 5.97 Å². The molecular weight excluding hydrogens is 356 g/mol. The Morgan fingerprint density at radius 2 is 1.93 bits per heavy atom. The van der Waals surface area contributed by atoms with Crippen LogP contribution >= 0.6 is 0 Å². The second-order valence-electron chi connectivity index (χ2n) is 7.69. The predicted molar refractivity (Wildman–Crippen MR) is 109 cm³/mol. The first-order valence-electron chi connectivity index (χ1n) is 9.79. The molecule has 6 heteroatoms. The SMILES string of the molecule is CC(C)c1ccc(/C=C/CC(=O)N(C)CC(=O)N2CCCC(C(=O)O)C2)cc1. The fourth-order valence-corrected chi connectivity index (χ4v) is 3.24. The molecule has 1 aromatic carbocycles. The van der Waals surface area contributed by atoms with Gasteiger partial charge in [-0.15, -0.1) is 0 Å². The lowest BCUT2D eigenvalue weighted by molar-refractivity contribution is -0.147. The molecule has 1 aliphatic rings. The Morgan fingerprint density at radius 3 is 2.54 bits per heavy atom. The van der Waals surface area contributed by atoms with Gasteiger partial charge in [0.2, 0.25) is 11.8 Å². The van der Waals surface area contributed by atoms with Crippen molar-refractivity contribution in [3.05, 3.63) is 41.5 Å². The molecule has 1 fully saturated rings. The van der Waals surface area contributed by atoms with Crippen LogP contribution in [0.1, 0.15) is 50.2 Å². The van der Waals surface area contributed by atoms with Crippen LogP contribution in [0.2, 0.25) is 0 Å². The van der Waals surface area contributed by atoms with Crippen LogP contribution in [0.3, 0.4) is 0 Å². The molecule has 1 aromatic rings. The molecule has 0 bridgehead atoms. The third kappa shape index (κ3) is 6.22. The summed E-state index contributed by atoms with van der Waals surface area (Å²) in [5.74, 6) is -1.24. The van der Waals surface area contributed by atoms with Crippen LogP contribution in [0.15, 0.2) is 30.3 Å². The fraction of sp³-hybridized carbons (Fsp3) is 0.500. The zero-order chi connectivity index (χ0) is 20.7. The van der Waals surface area contributed by atoms with Crippen LogP contribution in [0, 0.1) is 5.92 Å². The molecule has 2 rings (SSSR count). The van der Waals surface area contributed by atoms with Crippen molar-refractivity contribution in [1.82, 2.24) is 9.80 Å². The summed E-state index contributed by atoms with van der Waals surface area (Å²) < 4.78 is 0. The molecule has 0 radical (unpaired) electrons. The van der Waals surface area contributed by atoms with Gasteiger partial charge in [-0.2, -0.15) is 0 Å². The number of hydrogen-bond acceptors (Lipinski definition) is 3. The summed E-state index contributed by atoms with van der Waals surface area (Å²) in [6.07, 6.45) is 5.19. The van der Waals surface area contributed by atoms with E-state index in [-0.39, 0.29) is 31.3 Å². The first kappa shape index (κ1) is 21.7. The highest BCUT2D eigenvalue weighted by atomic mass is 16.4. The van der Waals surface area contributed by atoms with Crippen molar-refractivity contribution in [1.29, 1.82) is 0 Å². The zero-order valence-electron chi connectivity index (χ0n) is 16.9. The molecule has 0 saturated carbocycles. The van der Waals surface area contributed by atoms with Gasteiger partial charge in [0.05, 0.1) is 12.5 Å².